The van der Waals surface area contributed by atoms with Crippen LogP contribution in [0, 0.1) is 5.92 Å². The Kier molecular flexibility index (Phi) is 5.17. The molecule has 0 spiro atoms. The zero-order chi connectivity index (χ0) is 14.7. The smallest absolute Gasteiger partial charge is 0.227 e. The molecule has 0 saturated carbocycles. The second kappa shape index (κ2) is 6.68. The third-order valence-corrected chi connectivity index (χ3v) is 4.27. The summed E-state index contributed by atoms with van der Waals surface area (Å²) >= 11 is 12.1. The van der Waals surface area contributed by atoms with Crippen molar-refractivity contribution in [3.8, 4) is 5.75 Å². The highest BCUT2D eigenvalue weighted by atomic mass is 35.5. The normalized spacial score (nSPS) is 16.3. The number of carbonyl (C=O) groups is 1. The molecule has 0 radical (unpaired) electrons. The minimum Gasteiger partial charge on any atom is -0.495 e. The van der Waals surface area contributed by atoms with Gasteiger partial charge in [-0.2, -0.15) is 0 Å². The molecule has 3 nitrogen and oxygen atoms in total. The molecular weight excluding hydrogens is 297 g/mol. The van der Waals surface area contributed by atoms with Gasteiger partial charge < -0.3 is 9.64 Å². The van der Waals surface area contributed by atoms with Crippen LogP contribution in [0.1, 0.15) is 25.3 Å². The molecule has 110 valence electrons. The number of hydrogen-bond acceptors (Lipinski definition) is 2. The first kappa shape index (κ1) is 15.5. The molecule has 1 fully saturated rings. The molecule has 5 heteroatoms. The van der Waals surface area contributed by atoms with Gasteiger partial charge in [0, 0.05) is 23.7 Å². The molecule has 1 aromatic carbocycles. The van der Waals surface area contributed by atoms with Crippen molar-refractivity contribution in [2.75, 3.05) is 20.2 Å². The van der Waals surface area contributed by atoms with Gasteiger partial charge in [-0.3, -0.25) is 4.79 Å². The maximum Gasteiger partial charge on any atom is 0.227 e. The molecule has 0 bridgehead atoms. The van der Waals surface area contributed by atoms with Crippen molar-refractivity contribution >= 4 is 29.1 Å². The maximum atomic E-state index is 12.3. The zero-order valence-electron chi connectivity index (χ0n) is 11.8. The number of likely N-dealkylation sites (tertiary alicyclic amines) is 1. The number of hydrogen-bond donors (Lipinski definition) is 0. The van der Waals surface area contributed by atoms with E-state index in [-0.39, 0.29) is 12.3 Å². The summed E-state index contributed by atoms with van der Waals surface area (Å²) in [6.07, 6.45) is 2.41. The minimum atomic E-state index is 0.105. The second-order valence-electron chi connectivity index (χ2n) is 5.32. The highest BCUT2D eigenvalue weighted by Gasteiger charge is 2.22. The average molecular weight is 316 g/mol. The Morgan fingerprint density at radius 2 is 2.00 bits per heavy atom. The molecule has 1 aliphatic heterocycles. The molecule has 0 aromatic heterocycles. The molecule has 0 aliphatic carbocycles. The quantitative estimate of drug-likeness (QED) is 0.849. The topological polar surface area (TPSA) is 29.5 Å². The SMILES string of the molecule is COc1c(Cl)cc(Cl)cc1CC(=O)N1CCC(C)CC1. The average Bonchev–Trinajstić information content (AvgIpc) is 2.39. The van der Waals surface area contributed by atoms with Gasteiger partial charge in [-0.1, -0.05) is 30.1 Å². The molecule has 1 amide bonds. The predicted octanol–water partition coefficient (Wildman–Crippen LogP) is 3.80. The van der Waals surface area contributed by atoms with Crippen molar-refractivity contribution in [1.82, 2.24) is 4.90 Å². The first-order valence-corrected chi connectivity index (χ1v) is 7.56. The molecular formula is C15H19Cl2NO2. The van der Waals surface area contributed by atoms with Crippen LogP contribution in [0.15, 0.2) is 12.1 Å². The van der Waals surface area contributed by atoms with Crippen molar-refractivity contribution in [2.24, 2.45) is 5.92 Å². The third kappa shape index (κ3) is 3.58. The fraction of sp³-hybridized carbons (Fsp3) is 0.533. The lowest BCUT2D eigenvalue weighted by Gasteiger charge is -2.30. The molecule has 2 rings (SSSR count). The largest absolute Gasteiger partial charge is 0.495 e. The summed E-state index contributed by atoms with van der Waals surface area (Å²) in [6, 6.07) is 3.37. The zero-order valence-corrected chi connectivity index (χ0v) is 13.3. The summed E-state index contributed by atoms with van der Waals surface area (Å²) in [6.45, 7) is 3.88. The fourth-order valence-corrected chi connectivity index (χ4v) is 3.12. The number of piperidine rings is 1. The summed E-state index contributed by atoms with van der Waals surface area (Å²) in [5.41, 5.74) is 0.744. The van der Waals surface area contributed by atoms with E-state index in [4.69, 9.17) is 27.9 Å². The van der Waals surface area contributed by atoms with Crippen molar-refractivity contribution < 1.29 is 9.53 Å². The molecule has 0 unspecified atom stereocenters. The van der Waals surface area contributed by atoms with Crippen LogP contribution in [0.3, 0.4) is 0 Å². The van der Waals surface area contributed by atoms with Crippen LogP contribution < -0.4 is 4.74 Å². The number of rotatable bonds is 3. The third-order valence-electron chi connectivity index (χ3n) is 3.77. The highest BCUT2D eigenvalue weighted by molar-refractivity contribution is 6.35. The van der Waals surface area contributed by atoms with Gasteiger partial charge in [0.15, 0.2) is 0 Å². The predicted molar refractivity (Wildman–Crippen MR) is 81.7 cm³/mol. The van der Waals surface area contributed by atoms with Gasteiger partial charge in [-0.25, -0.2) is 0 Å². The summed E-state index contributed by atoms with van der Waals surface area (Å²) in [5, 5.41) is 0.959. The van der Waals surface area contributed by atoms with E-state index in [9.17, 15) is 4.79 Å². The van der Waals surface area contributed by atoms with Gasteiger partial charge in [0.25, 0.3) is 0 Å². The van der Waals surface area contributed by atoms with Crippen molar-refractivity contribution in [2.45, 2.75) is 26.2 Å². The molecule has 1 aliphatic rings. The van der Waals surface area contributed by atoms with Crippen LogP contribution >= 0.6 is 23.2 Å². The van der Waals surface area contributed by atoms with Gasteiger partial charge in [0.2, 0.25) is 5.91 Å². The summed E-state index contributed by atoms with van der Waals surface area (Å²) in [5.74, 6) is 1.34. The number of amides is 1. The van der Waals surface area contributed by atoms with Gasteiger partial charge in [-0.15, -0.1) is 0 Å². The van der Waals surface area contributed by atoms with E-state index >= 15 is 0 Å². The van der Waals surface area contributed by atoms with Crippen LogP contribution in [-0.2, 0) is 11.2 Å². The number of benzene rings is 1. The van der Waals surface area contributed by atoms with Gasteiger partial charge in [-0.05, 0) is 30.9 Å². The monoisotopic (exact) mass is 315 g/mol. The van der Waals surface area contributed by atoms with Crippen molar-refractivity contribution in [1.29, 1.82) is 0 Å². The lowest BCUT2D eigenvalue weighted by Crippen LogP contribution is -2.38. The van der Waals surface area contributed by atoms with E-state index in [1.807, 2.05) is 4.90 Å². The van der Waals surface area contributed by atoms with Crippen LogP contribution in [-0.4, -0.2) is 31.0 Å². The second-order valence-corrected chi connectivity index (χ2v) is 6.16. The number of nitrogens with zero attached hydrogens (tertiary/aromatic N) is 1. The summed E-state index contributed by atoms with van der Waals surface area (Å²) in [7, 11) is 1.55. The Hall–Kier alpha value is -0.930. The van der Waals surface area contributed by atoms with E-state index in [0.717, 1.165) is 31.5 Å². The standard InChI is InChI=1S/C15H19Cl2NO2/c1-10-3-5-18(6-4-10)14(19)8-11-7-12(16)9-13(17)15(11)20-2/h7,9-10H,3-6,8H2,1-2H3. The fourth-order valence-electron chi connectivity index (χ4n) is 2.51. The van der Waals surface area contributed by atoms with Gasteiger partial charge in [0.05, 0.1) is 18.6 Å². The Morgan fingerprint density at radius 3 is 2.60 bits per heavy atom. The van der Waals surface area contributed by atoms with E-state index in [1.165, 1.54) is 0 Å². The molecule has 20 heavy (non-hydrogen) atoms. The van der Waals surface area contributed by atoms with Crippen LogP contribution in [0.2, 0.25) is 10.0 Å². The Bertz CT molecular complexity index is 497. The first-order chi connectivity index (χ1) is 9.51. The molecule has 1 aromatic rings. The Morgan fingerprint density at radius 1 is 1.35 bits per heavy atom. The van der Waals surface area contributed by atoms with Crippen LogP contribution in [0.25, 0.3) is 0 Å². The lowest BCUT2D eigenvalue weighted by molar-refractivity contribution is -0.131. The highest BCUT2D eigenvalue weighted by Crippen LogP contribution is 2.33. The number of carbonyl (C=O) groups excluding carboxylic acids is 1. The maximum absolute atomic E-state index is 12.3. The first-order valence-electron chi connectivity index (χ1n) is 6.81. The van der Waals surface area contributed by atoms with E-state index < -0.39 is 0 Å². The minimum absolute atomic E-state index is 0.105. The van der Waals surface area contributed by atoms with Gasteiger partial charge >= 0.3 is 0 Å². The van der Waals surface area contributed by atoms with Crippen LogP contribution in [0.5, 0.6) is 5.75 Å². The van der Waals surface area contributed by atoms with E-state index in [1.54, 1.807) is 19.2 Å². The summed E-state index contributed by atoms with van der Waals surface area (Å²) < 4.78 is 5.28. The molecule has 1 saturated heterocycles. The lowest BCUT2D eigenvalue weighted by atomic mass is 9.98. The molecule has 1 heterocycles. The molecule has 0 N–H and O–H groups in total. The number of ether oxygens (including phenoxy) is 1. The Labute approximate surface area is 129 Å². The van der Waals surface area contributed by atoms with E-state index in [2.05, 4.69) is 6.92 Å². The van der Waals surface area contributed by atoms with E-state index in [0.29, 0.717) is 21.7 Å². The number of halogens is 2. The number of methoxy groups -OCH3 is 1. The molecule has 0 atom stereocenters. The summed E-state index contributed by atoms with van der Waals surface area (Å²) in [4.78, 5) is 14.3. The van der Waals surface area contributed by atoms with Crippen molar-refractivity contribution in [3.63, 3.8) is 0 Å². The Balaban J connectivity index is 2.11. The van der Waals surface area contributed by atoms with Crippen LogP contribution in [0.4, 0.5) is 0 Å². The van der Waals surface area contributed by atoms with Gasteiger partial charge in [0.1, 0.15) is 5.75 Å². The van der Waals surface area contributed by atoms with Crippen molar-refractivity contribution in [3.05, 3.63) is 27.7 Å².